The van der Waals surface area contributed by atoms with Crippen molar-refractivity contribution in [1.82, 2.24) is 20.2 Å². The average molecular weight is 377 g/mol. The first-order valence-corrected chi connectivity index (χ1v) is 9.06. The van der Waals surface area contributed by atoms with Gasteiger partial charge in [0.2, 0.25) is 5.95 Å². The van der Waals surface area contributed by atoms with E-state index in [2.05, 4.69) is 25.5 Å². The Morgan fingerprint density at radius 3 is 2.93 bits per heavy atom. The van der Waals surface area contributed by atoms with Gasteiger partial charge in [-0.1, -0.05) is 18.2 Å². The molecule has 3 heterocycles. The van der Waals surface area contributed by atoms with Gasteiger partial charge in [-0.05, 0) is 41.8 Å². The summed E-state index contributed by atoms with van der Waals surface area (Å²) < 4.78 is 5.74. The van der Waals surface area contributed by atoms with Crippen molar-refractivity contribution in [2.45, 2.75) is 6.61 Å². The van der Waals surface area contributed by atoms with Gasteiger partial charge in [-0.3, -0.25) is 20.2 Å². The quantitative estimate of drug-likeness (QED) is 0.534. The zero-order chi connectivity index (χ0) is 18.5. The van der Waals surface area contributed by atoms with Gasteiger partial charge in [-0.15, -0.1) is 16.4 Å². The number of carbonyl (C=O) groups is 1. The van der Waals surface area contributed by atoms with Crippen LogP contribution in [0.15, 0.2) is 66.2 Å². The SMILES string of the molecule is O=C(Nc1n[nH]c(-c2ccccn2)n1)c1cccc(OCc2cccs2)c1. The van der Waals surface area contributed by atoms with Gasteiger partial charge in [0.1, 0.15) is 18.1 Å². The predicted molar refractivity (Wildman–Crippen MR) is 103 cm³/mol. The van der Waals surface area contributed by atoms with E-state index in [0.717, 1.165) is 4.88 Å². The smallest absolute Gasteiger partial charge is 0.258 e. The fourth-order valence-corrected chi connectivity index (χ4v) is 3.00. The number of rotatable bonds is 6. The van der Waals surface area contributed by atoms with E-state index in [-0.39, 0.29) is 11.9 Å². The lowest BCUT2D eigenvalue weighted by atomic mass is 10.2. The summed E-state index contributed by atoms with van der Waals surface area (Å²) in [6.45, 7) is 0.469. The molecule has 1 amide bonds. The van der Waals surface area contributed by atoms with Crippen LogP contribution in [0.4, 0.5) is 5.95 Å². The predicted octanol–water partition coefficient (Wildman–Crippen LogP) is 3.76. The first-order valence-electron chi connectivity index (χ1n) is 8.18. The molecule has 0 aliphatic carbocycles. The zero-order valence-corrected chi connectivity index (χ0v) is 14.9. The molecule has 7 nitrogen and oxygen atoms in total. The molecule has 4 aromatic rings. The Bertz CT molecular complexity index is 1030. The number of anilines is 1. The molecular formula is C19H15N5O2S. The highest BCUT2D eigenvalue weighted by Gasteiger charge is 2.12. The number of hydrogen-bond acceptors (Lipinski definition) is 6. The van der Waals surface area contributed by atoms with Gasteiger partial charge >= 0.3 is 0 Å². The minimum Gasteiger partial charge on any atom is -0.488 e. The third-order valence-electron chi connectivity index (χ3n) is 3.68. The lowest BCUT2D eigenvalue weighted by Gasteiger charge is -2.06. The van der Waals surface area contributed by atoms with E-state index in [1.807, 2.05) is 35.7 Å². The van der Waals surface area contributed by atoms with Crippen molar-refractivity contribution in [2.24, 2.45) is 0 Å². The van der Waals surface area contributed by atoms with Crippen LogP contribution in [-0.4, -0.2) is 26.1 Å². The number of benzene rings is 1. The molecule has 0 saturated carbocycles. The van der Waals surface area contributed by atoms with E-state index in [9.17, 15) is 4.79 Å². The number of aromatic nitrogens is 4. The van der Waals surface area contributed by atoms with Gasteiger partial charge in [0, 0.05) is 16.6 Å². The number of nitrogens with one attached hydrogen (secondary N) is 2. The molecule has 0 radical (unpaired) electrons. The number of aromatic amines is 1. The second kappa shape index (κ2) is 7.79. The molecular weight excluding hydrogens is 362 g/mol. The summed E-state index contributed by atoms with van der Waals surface area (Å²) in [5, 5.41) is 11.4. The second-order valence-corrected chi connectivity index (χ2v) is 6.60. The summed E-state index contributed by atoms with van der Waals surface area (Å²) in [6, 6.07) is 16.4. The maximum Gasteiger partial charge on any atom is 0.258 e. The van der Waals surface area contributed by atoms with Gasteiger partial charge in [-0.2, -0.15) is 4.98 Å². The van der Waals surface area contributed by atoms with Crippen LogP contribution in [0.25, 0.3) is 11.5 Å². The van der Waals surface area contributed by atoms with Gasteiger partial charge in [0.15, 0.2) is 5.82 Å². The average Bonchev–Trinajstić information content (AvgIpc) is 3.39. The van der Waals surface area contributed by atoms with Crippen LogP contribution < -0.4 is 10.1 Å². The van der Waals surface area contributed by atoms with Gasteiger partial charge in [-0.25, -0.2) is 0 Å². The van der Waals surface area contributed by atoms with Gasteiger partial charge in [0.05, 0.1) is 0 Å². The van der Waals surface area contributed by atoms with E-state index >= 15 is 0 Å². The lowest BCUT2D eigenvalue weighted by molar-refractivity contribution is 0.102. The molecule has 0 aliphatic rings. The molecule has 4 rings (SSSR count). The Balaban J connectivity index is 1.42. The molecule has 134 valence electrons. The van der Waals surface area contributed by atoms with Crippen molar-refractivity contribution in [3.05, 3.63) is 76.6 Å². The minimum absolute atomic E-state index is 0.186. The second-order valence-electron chi connectivity index (χ2n) is 5.57. The summed E-state index contributed by atoms with van der Waals surface area (Å²) in [5.74, 6) is 0.979. The van der Waals surface area contributed by atoms with Crippen molar-refractivity contribution < 1.29 is 9.53 Å². The number of hydrogen-bond donors (Lipinski definition) is 2. The van der Waals surface area contributed by atoms with Crippen LogP contribution in [0.2, 0.25) is 0 Å². The molecule has 8 heteroatoms. The third-order valence-corrected chi connectivity index (χ3v) is 4.53. The maximum absolute atomic E-state index is 12.5. The van der Waals surface area contributed by atoms with Crippen LogP contribution in [-0.2, 0) is 6.61 Å². The molecule has 1 aromatic carbocycles. The Morgan fingerprint density at radius 1 is 1.15 bits per heavy atom. The zero-order valence-electron chi connectivity index (χ0n) is 14.1. The first kappa shape index (κ1) is 16.9. The van der Waals surface area contributed by atoms with Crippen molar-refractivity contribution in [2.75, 3.05) is 5.32 Å². The van der Waals surface area contributed by atoms with Crippen LogP contribution in [0.1, 0.15) is 15.2 Å². The first-order chi connectivity index (χ1) is 13.3. The van der Waals surface area contributed by atoms with Gasteiger partial charge in [0.25, 0.3) is 5.91 Å². The summed E-state index contributed by atoms with van der Waals surface area (Å²) in [4.78, 5) is 22.0. The van der Waals surface area contributed by atoms with Crippen molar-refractivity contribution in [3.8, 4) is 17.3 Å². The largest absolute Gasteiger partial charge is 0.488 e. The summed E-state index contributed by atoms with van der Waals surface area (Å²) in [5.41, 5.74) is 1.11. The number of pyridine rings is 1. The number of H-pyrrole nitrogens is 1. The van der Waals surface area contributed by atoms with Crippen LogP contribution in [0.3, 0.4) is 0 Å². The monoisotopic (exact) mass is 377 g/mol. The molecule has 0 aliphatic heterocycles. The Kier molecular flexibility index (Phi) is 4.88. The van der Waals surface area contributed by atoms with E-state index in [1.54, 1.807) is 41.8 Å². The Labute approximate surface area is 159 Å². The van der Waals surface area contributed by atoms with Crippen LogP contribution in [0, 0.1) is 0 Å². The fraction of sp³-hybridized carbons (Fsp3) is 0.0526. The summed E-state index contributed by atoms with van der Waals surface area (Å²) in [7, 11) is 0. The fourth-order valence-electron chi connectivity index (χ4n) is 2.39. The highest BCUT2D eigenvalue weighted by atomic mass is 32.1. The Morgan fingerprint density at radius 2 is 2.11 bits per heavy atom. The Hall–Kier alpha value is -3.52. The molecule has 0 unspecified atom stereocenters. The van der Waals surface area contributed by atoms with E-state index < -0.39 is 0 Å². The highest BCUT2D eigenvalue weighted by Crippen LogP contribution is 2.18. The third kappa shape index (κ3) is 4.18. The van der Waals surface area contributed by atoms with Crippen molar-refractivity contribution in [3.63, 3.8) is 0 Å². The van der Waals surface area contributed by atoms with E-state index in [1.165, 1.54) is 0 Å². The molecule has 0 fully saturated rings. The number of amides is 1. The number of carbonyl (C=O) groups excluding carboxylic acids is 1. The van der Waals surface area contributed by atoms with Crippen molar-refractivity contribution in [1.29, 1.82) is 0 Å². The molecule has 2 N–H and O–H groups in total. The van der Waals surface area contributed by atoms with E-state index in [4.69, 9.17) is 4.74 Å². The standard InChI is InChI=1S/C19H15N5O2S/c25-18(22-19-21-17(23-24-19)16-8-1-2-9-20-16)13-5-3-6-14(11-13)26-12-15-7-4-10-27-15/h1-11H,12H2,(H2,21,22,23,24,25). The molecule has 0 saturated heterocycles. The molecule has 0 bridgehead atoms. The van der Waals surface area contributed by atoms with Crippen LogP contribution >= 0.6 is 11.3 Å². The van der Waals surface area contributed by atoms with E-state index in [0.29, 0.717) is 29.4 Å². The normalized spacial score (nSPS) is 10.5. The molecule has 0 spiro atoms. The number of thiophene rings is 1. The molecule has 0 atom stereocenters. The van der Waals surface area contributed by atoms with Gasteiger partial charge < -0.3 is 4.74 Å². The summed E-state index contributed by atoms with van der Waals surface area (Å²) >= 11 is 1.63. The maximum atomic E-state index is 12.5. The van der Waals surface area contributed by atoms with Crippen molar-refractivity contribution >= 4 is 23.2 Å². The topological polar surface area (TPSA) is 92.8 Å². The van der Waals surface area contributed by atoms with Crippen LogP contribution in [0.5, 0.6) is 5.75 Å². The number of ether oxygens (including phenoxy) is 1. The highest BCUT2D eigenvalue weighted by molar-refractivity contribution is 7.09. The number of nitrogens with zero attached hydrogens (tertiary/aromatic N) is 3. The lowest BCUT2D eigenvalue weighted by Crippen LogP contribution is -2.13. The minimum atomic E-state index is -0.317. The molecule has 3 aromatic heterocycles. The molecule has 27 heavy (non-hydrogen) atoms. The summed E-state index contributed by atoms with van der Waals surface area (Å²) in [6.07, 6.45) is 1.66.